The average molecular weight is 267 g/mol. The molecule has 0 N–H and O–H groups in total. The number of carbonyl (C=O) groups is 1. The lowest BCUT2D eigenvalue weighted by molar-refractivity contribution is 0.101. The molecule has 0 saturated heterocycles. The van der Waals surface area contributed by atoms with Gasteiger partial charge in [-0.2, -0.15) is 0 Å². The van der Waals surface area contributed by atoms with E-state index in [4.69, 9.17) is 11.6 Å². The van der Waals surface area contributed by atoms with E-state index in [1.165, 1.54) is 11.3 Å². The van der Waals surface area contributed by atoms with E-state index in [1.54, 1.807) is 11.6 Å². The first-order chi connectivity index (χ1) is 8.26. The molecule has 0 spiro atoms. The molecule has 2 heterocycles. The fourth-order valence-electron chi connectivity index (χ4n) is 1.50. The largest absolute Gasteiger partial charge is 0.291 e. The molecule has 0 saturated carbocycles. The van der Waals surface area contributed by atoms with Gasteiger partial charge in [0.25, 0.3) is 0 Å². The van der Waals surface area contributed by atoms with Crippen molar-refractivity contribution in [2.75, 3.05) is 5.88 Å². The standard InChI is InChI=1S/C12H11ClN2OS/c1-2-8-4-3-5-14-11(8)12-15-9(7-17-12)10(16)6-13/h3-5,7H,2,6H2,1H3. The van der Waals surface area contributed by atoms with E-state index in [9.17, 15) is 4.79 Å². The maximum absolute atomic E-state index is 11.4. The Bertz CT molecular complexity index is 539. The Kier molecular flexibility index (Phi) is 3.86. The molecule has 88 valence electrons. The van der Waals surface area contributed by atoms with Gasteiger partial charge < -0.3 is 0 Å². The quantitative estimate of drug-likeness (QED) is 0.630. The summed E-state index contributed by atoms with van der Waals surface area (Å²) in [5.41, 5.74) is 2.41. The van der Waals surface area contributed by atoms with Crippen molar-refractivity contribution < 1.29 is 4.79 Å². The number of aromatic nitrogens is 2. The third kappa shape index (κ3) is 2.53. The van der Waals surface area contributed by atoms with Crippen LogP contribution in [0.25, 0.3) is 10.7 Å². The van der Waals surface area contributed by atoms with Gasteiger partial charge in [0.2, 0.25) is 0 Å². The average Bonchev–Trinajstić information content (AvgIpc) is 2.87. The number of ketones is 1. The molecule has 0 aliphatic rings. The van der Waals surface area contributed by atoms with Gasteiger partial charge in [0.05, 0.1) is 5.88 Å². The number of thiazole rings is 1. The van der Waals surface area contributed by atoms with Crippen molar-refractivity contribution in [1.29, 1.82) is 0 Å². The highest BCUT2D eigenvalue weighted by molar-refractivity contribution is 7.13. The monoisotopic (exact) mass is 266 g/mol. The molecular weight excluding hydrogens is 256 g/mol. The van der Waals surface area contributed by atoms with Crippen molar-refractivity contribution in [3.8, 4) is 10.7 Å². The van der Waals surface area contributed by atoms with Crippen molar-refractivity contribution in [3.05, 3.63) is 35.0 Å². The van der Waals surface area contributed by atoms with Gasteiger partial charge in [-0.25, -0.2) is 4.98 Å². The zero-order valence-corrected chi connectivity index (χ0v) is 10.9. The molecule has 0 aliphatic carbocycles. The van der Waals surface area contributed by atoms with Crippen molar-refractivity contribution in [2.45, 2.75) is 13.3 Å². The summed E-state index contributed by atoms with van der Waals surface area (Å²) >= 11 is 6.92. The molecule has 0 fully saturated rings. The van der Waals surface area contributed by atoms with Crippen LogP contribution in [0, 0.1) is 0 Å². The van der Waals surface area contributed by atoms with Crippen molar-refractivity contribution in [2.24, 2.45) is 0 Å². The highest BCUT2D eigenvalue weighted by Crippen LogP contribution is 2.25. The Morgan fingerprint density at radius 2 is 2.35 bits per heavy atom. The molecule has 2 aromatic heterocycles. The number of pyridine rings is 1. The SMILES string of the molecule is CCc1cccnc1-c1nc(C(=O)CCl)cs1. The van der Waals surface area contributed by atoms with E-state index in [2.05, 4.69) is 16.9 Å². The number of aryl methyl sites for hydroxylation is 1. The Morgan fingerprint density at radius 1 is 1.53 bits per heavy atom. The van der Waals surface area contributed by atoms with E-state index in [0.29, 0.717) is 5.69 Å². The molecule has 0 unspecified atom stereocenters. The second-order valence-electron chi connectivity index (χ2n) is 3.46. The highest BCUT2D eigenvalue weighted by Gasteiger charge is 2.13. The first kappa shape index (κ1) is 12.2. The van der Waals surface area contributed by atoms with E-state index < -0.39 is 0 Å². The zero-order chi connectivity index (χ0) is 12.3. The predicted octanol–water partition coefficient (Wildman–Crippen LogP) is 3.19. The smallest absolute Gasteiger partial charge is 0.196 e. The second-order valence-corrected chi connectivity index (χ2v) is 4.58. The molecular formula is C12H11ClN2OS. The molecule has 3 nitrogen and oxygen atoms in total. The highest BCUT2D eigenvalue weighted by atomic mass is 35.5. The summed E-state index contributed by atoms with van der Waals surface area (Å²) in [7, 11) is 0. The lowest BCUT2D eigenvalue weighted by Crippen LogP contribution is -2.00. The third-order valence-electron chi connectivity index (χ3n) is 2.39. The van der Waals surface area contributed by atoms with Crippen LogP contribution in [0.4, 0.5) is 0 Å². The van der Waals surface area contributed by atoms with Crippen LogP contribution < -0.4 is 0 Å². The van der Waals surface area contributed by atoms with Gasteiger partial charge >= 0.3 is 0 Å². The lowest BCUT2D eigenvalue weighted by Gasteiger charge is -2.01. The third-order valence-corrected chi connectivity index (χ3v) is 3.48. The molecule has 0 aliphatic heterocycles. The zero-order valence-electron chi connectivity index (χ0n) is 9.31. The summed E-state index contributed by atoms with van der Waals surface area (Å²) in [5.74, 6) is -0.186. The first-order valence-electron chi connectivity index (χ1n) is 5.25. The summed E-state index contributed by atoms with van der Waals surface area (Å²) in [6, 6.07) is 3.92. The molecule has 0 bridgehead atoms. The van der Waals surface area contributed by atoms with Gasteiger partial charge in [0.1, 0.15) is 16.4 Å². The van der Waals surface area contributed by atoms with Crippen LogP contribution in [-0.2, 0) is 6.42 Å². The van der Waals surface area contributed by atoms with Gasteiger partial charge in [0.15, 0.2) is 5.78 Å². The van der Waals surface area contributed by atoms with E-state index in [-0.39, 0.29) is 11.7 Å². The number of nitrogens with zero attached hydrogens (tertiary/aromatic N) is 2. The first-order valence-corrected chi connectivity index (χ1v) is 6.66. The number of hydrogen-bond donors (Lipinski definition) is 0. The van der Waals surface area contributed by atoms with Crippen LogP contribution in [0.15, 0.2) is 23.7 Å². The maximum atomic E-state index is 11.4. The molecule has 2 aromatic rings. The molecule has 0 aromatic carbocycles. The normalized spacial score (nSPS) is 10.5. The lowest BCUT2D eigenvalue weighted by atomic mass is 10.1. The van der Waals surface area contributed by atoms with Crippen LogP contribution in [0.5, 0.6) is 0 Å². The minimum atomic E-state index is -0.150. The summed E-state index contributed by atoms with van der Waals surface area (Å²) in [5, 5.41) is 2.50. The minimum Gasteiger partial charge on any atom is -0.291 e. The van der Waals surface area contributed by atoms with E-state index >= 15 is 0 Å². The predicted molar refractivity (Wildman–Crippen MR) is 69.8 cm³/mol. The van der Waals surface area contributed by atoms with Crippen molar-refractivity contribution >= 4 is 28.7 Å². The van der Waals surface area contributed by atoms with Gasteiger partial charge in [-0.3, -0.25) is 9.78 Å². The molecule has 17 heavy (non-hydrogen) atoms. The topological polar surface area (TPSA) is 42.9 Å². The summed E-state index contributed by atoms with van der Waals surface area (Å²) in [4.78, 5) is 20.0. The Balaban J connectivity index is 2.40. The number of alkyl halides is 1. The van der Waals surface area contributed by atoms with Crippen LogP contribution in [0.1, 0.15) is 23.0 Å². The van der Waals surface area contributed by atoms with Gasteiger partial charge in [0, 0.05) is 11.6 Å². The Labute approximate surface area is 108 Å². The molecule has 0 radical (unpaired) electrons. The van der Waals surface area contributed by atoms with Gasteiger partial charge in [-0.05, 0) is 18.1 Å². The Morgan fingerprint density at radius 3 is 3.06 bits per heavy atom. The molecule has 0 amide bonds. The molecule has 5 heteroatoms. The van der Waals surface area contributed by atoms with Gasteiger partial charge in [-0.1, -0.05) is 13.0 Å². The summed E-state index contributed by atoms with van der Waals surface area (Å²) in [6.45, 7) is 2.07. The number of Topliss-reactive ketones (excluding diaryl/α,β-unsaturated/α-hetero) is 1. The minimum absolute atomic E-state index is 0.0357. The van der Waals surface area contributed by atoms with Crippen LogP contribution in [0.3, 0.4) is 0 Å². The van der Waals surface area contributed by atoms with E-state index in [0.717, 1.165) is 22.7 Å². The van der Waals surface area contributed by atoms with E-state index in [1.807, 2.05) is 12.1 Å². The maximum Gasteiger partial charge on any atom is 0.196 e. The summed E-state index contributed by atoms with van der Waals surface area (Å²) < 4.78 is 0. The number of carbonyl (C=O) groups excluding carboxylic acids is 1. The van der Waals surface area contributed by atoms with Crippen LogP contribution in [0.2, 0.25) is 0 Å². The number of halogens is 1. The van der Waals surface area contributed by atoms with Crippen LogP contribution in [-0.4, -0.2) is 21.6 Å². The fourth-order valence-corrected chi connectivity index (χ4v) is 2.49. The van der Waals surface area contributed by atoms with Gasteiger partial charge in [-0.15, -0.1) is 22.9 Å². The number of rotatable bonds is 4. The van der Waals surface area contributed by atoms with Crippen molar-refractivity contribution in [3.63, 3.8) is 0 Å². The second kappa shape index (κ2) is 5.38. The Hall–Kier alpha value is -1.26. The van der Waals surface area contributed by atoms with Crippen molar-refractivity contribution in [1.82, 2.24) is 9.97 Å². The number of hydrogen-bond acceptors (Lipinski definition) is 4. The van der Waals surface area contributed by atoms with Crippen LogP contribution >= 0.6 is 22.9 Å². The molecule has 0 atom stereocenters. The summed E-state index contributed by atoms with van der Waals surface area (Å²) in [6.07, 6.45) is 2.63. The molecule has 2 rings (SSSR count). The fraction of sp³-hybridized carbons (Fsp3) is 0.250.